The van der Waals surface area contributed by atoms with Crippen molar-refractivity contribution in [2.24, 2.45) is 0 Å². The first-order chi connectivity index (χ1) is 12.1. The van der Waals surface area contributed by atoms with Gasteiger partial charge in [0.2, 0.25) is 0 Å². The third-order valence-corrected chi connectivity index (χ3v) is 4.07. The minimum absolute atomic E-state index is 0.0542. The molecule has 0 saturated carbocycles. The summed E-state index contributed by atoms with van der Waals surface area (Å²) < 4.78 is 0. The van der Waals surface area contributed by atoms with Crippen LogP contribution in [0.4, 0.5) is 5.69 Å². The Morgan fingerprint density at radius 1 is 0.720 bits per heavy atom. The van der Waals surface area contributed by atoms with Crippen molar-refractivity contribution in [3.8, 4) is 11.8 Å². The summed E-state index contributed by atoms with van der Waals surface area (Å²) in [5.74, 6) is 6.71. The van der Waals surface area contributed by atoms with Crippen molar-refractivity contribution in [3.63, 3.8) is 0 Å². The Kier molecular flexibility index (Phi) is 5.21. The van der Waals surface area contributed by atoms with Gasteiger partial charge in [0, 0.05) is 11.3 Å². The molecule has 0 radical (unpaired) electrons. The van der Waals surface area contributed by atoms with Gasteiger partial charge >= 0.3 is 0 Å². The van der Waals surface area contributed by atoms with Gasteiger partial charge < -0.3 is 5.32 Å². The number of nitrogens with one attached hydrogen (secondary N) is 1. The molecule has 0 aromatic heterocycles. The molecule has 3 aromatic carbocycles. The van der Waals surface area contributed by atoms with E-state index >= 15 is 0 Å². The zero-order valence-corrected chi connectivity index (χ0v) is 15.0. The van der Waals surface area contributed by atoms with Crippen LogP contribution in [0, 0.1) is 32.6 Å². The first-order valence-corrected chi connectivity index (χ1v) is 8.58. The minimum Gasteiger partial charge on any atom is -0.368 e. The summed E-state index contributed by atoms with van der Waals surface area (Å²) in [5, 5.41) is 3.57. The van der Waals surface area contributed by atoms with E-state index in [1.165, 1.54) is 22.3 Å². The average molecular weight is 325 g/mol. The highest BCUT2D eigenvalue weighted by Gasteiger charge is 2.09. The zero-order chi connectivity index (χ0) is 17.6. The lowest BCUT2D eigenvalue weighted by atomic mass is 10.0. The van der Waals surface area contributed by atoms with Gasteiger partial charge in [-0.15, -0.1) is 0 Å². The molecule has 1 atom stereocenters. The second-order valence-corrected chi connectivity index (χ2v) is 6.50. The van der Waals surface area contributed by atoms with Crippen LogP contribution in [0.15, 0.2) is 72.8 Å². The van der Waals surface area contributed by atoms with E-state index in [9.17, 15) is 0 Å². The van der Waals surface area contributed by atoms with Gasteiger partial charge in [-0.2, -0.15) is 0 Å². The van der Waals surface area contributed by atoms with Crippen molar-refractivity contribution in [1.29, 1.82) is 0 Å². The quantitative estimate of drug-likeness (QED) is 0.599. The molecule has 0 aliphatic rings. The SMILES string of the molecule is Cc1ccc(NC(C#Cc2ccccc2)c2cc(C)cc(C)c2)cc1. The summed E-state index contributed by atoms with van der Waals surface area (Å²) in [7, 11) is 0. The lowest BCUT2D eigenvalue weighted by molar-refractivity contribution is 1.01. The molecule has 1 N–H and O–H groups in total. The van der Waals surface area contributed by atoms with Crippen LogP contribution in [0.1, 0.15) is 33.9 Å². The molecule has 3 rings (SSSR count). The molecule has 1 heteroatoms. The molecule has 0 amide bonds. The average Bonchev–Trinajstić information content (AvgIpc) is 2.60. The largest absolute Gasteiger partial charge is 0.368 e. The van der Waals surface area contributed by atoms with Crippen molar-refractivity contribution >= 4 is 5.69 Å². The summed E-state index contributed by atoms with van der Waals surface area (Å²) in [6.45, 7) is 6.36. The van der Waals surface area contributed by atoms with Crippen LogP contribution in [0.5, 0.6) is 0 Å². The molecule has 0 heterocycles. The predicted molar refractivity (Wildman–Crippen MR) is 107 cm³/mol. The Morgan fingerprint density at radius 3 is 2.00 bits per heavy atom. The van der Waals surface area contributed by atoms with E-state index in [1.807, 2.05) is 30.3 Å². The first kappa shape index (κ1) is 16.9. The Hall–Kier alpha value is -2.98. The Bertz CT molecular complexity index is 876. The molecule has 0 saturated heterocycles. The van der Waals surface area contributed by atoms with Crippen LogP contribution in [0.3, 0.4) is 0 Å². The normalized spacial score (nSPS) is 11.3. The number of hydrogen-bond acceptors (Lipinski definition) is 1. The number of anilines is 1. The van der Waals surface area contributed by atoms with Crippen LogP contribution in [0.25, 0.3) is 0 Å². The van der Waals surface area contributed by atoms with Gasteiger partial charge in [0.15, 0.2) is 0 Å². The van der Waals surface area contributed by atoms with Crippen molar-refractivity contribution < 1.29 is 0 Å². The minimum atomic E-state index is -0.0542. The van der Waals surface area contributed by atoms with E-state index in [-0.39, 0.29) is 6.04 Å². The van der Waals surface area contributed by atoms with Gasteiger partial charge in [-0.1, -0.05) is 77.1 Å². The number of rotatable bonds is 3. The Balaban J connectivity index is 1.95. The van der Waals surface area contributed by atoms with Crippen molar-refractivity contribution in [2.75, 3.05) is 5.32 Å². The van der Waals surface area contributed by atoms with E-state index < -0.39 is 0 Å². The number of benzene rings is 3. The molecule has 124 valence electrons. The summed E-state index contributed by atoms with van der Waals surface area (Å²) in [5.41, 5.74) is 7.07. The maximum Gasteiger partial charge on any atom is 0.114 e. The Labute approximate surface area is 150 Å². The third-order valence-electron chi connectivity index (χ3n) is 4.07. The van der Waals surface area contributed by atoms with Crippen LogP contribution >= 0.6 is 0 Å². The maximum absolute atomic E-state index is 3.57. The molecular weight excluding hydrogens is 302 g/mol. The summed E-state index contributed by atoms with van der Waals surface area (Å²) in [6.07, 6.45) is 0. The standard InChI is InChI=1S/C24H23N/c1-18-9-12-23(13-10-18)25-24(14-11-21-7-5-4-6-8-21)22-16-19(2)15-20(3)17-22/h4-10,12-13,15-17,24-25H,1-3H3. The van der Waals surface area contributed by atoms with Gasteiger partial charge in [-0.25, -0.2) is 0 Å². The maximum atomic E-state index is 3.57. The molecule has 0 bridgehead atoms. The van der Waals surface area contributed by atoms with E-state index in [2.05, 4.69) is 80.4 Å². The van der Waals surface area contributed by atoms with Crippen molar-refractivity contribution in [2.45, 2.75) is 26.8 Å². The second kappa shape index (κ2) is 7.73. The van der Waals surface area contributed by atoms with Crippen LogP contribution in [-0.4, -0.2) is 0 Å². The molecule has 25 heavy (non-hydrogen) atoms. The fourth-order valence-corrected chi connectivity index (χ4v) is 2.87. The summed E-state index contributed by atoms with van der Waals surface area (Å²) in [4.78, 5) is 0. The summed E-state index contributed by atoms with van der Waals surface area (Å²) in [6, 6.07) is 25.1. The molecule has 1 unspecified atom stereocenters. The van der Waals surface area contributed by atoms with Crippen molar-refractivity contribution in [3.05, 3.63) is 101 Å². The predicted octanol–water partition coefficient (Wildman–Crippen LogP) is 5.82. The highest BCUT2D eigenvalue weighted by Crippen LogP contribution is 2.22. The fraction of sp³-hybridized carbons (Fsp3) is 0.167. The second-order valence-electron chi connectivity index (χ2n) is 6.50. The summed E-state index contributed by atoms with van der Waals surface area (Å²) >= 11 is 0. The monoisotopic (exact) mass is 325 g/mol. The Morgan fingerprint density at radius 2 is 1.36 bits per heavy atom. The number of aryl methyl sites for hydroxylation is 3. The van der Waals surface area contributed by atoms with E-state index in [1.54, 1.807) is 0 Å². The van der Waals surface area contributed by atoms with E-state index in [4.69, 9.17) is 0 Å². The number of hydrogen-bond donors (Lipinski definition) is 1. The van der Waals surface area contributed by atoms with Crippen LogP contribution in [0.2, 0.25) is 0 Å². The highest BCUT2D eigenvalue weighted by molar-refractivity contribution is 5.51. The van der Waals surface area contributed by atoms with Crippen LogP contribution in [-0.2, 0) is 0 Å². The van der Waals surface area contributed by atoms with Gasteiger partial charge in [-0.3, -0.25) is 0 Å². The third kappa shape index (κ3) is 4.75. The van der Waals surface area contributed by atoms with Gasteiger partial charge in [0.05, 0.1) is 0 Å². The molecule has 1 nitrogen and oxygen atoms in total. The molecular formula is C24H23N. The van der Waals surface area contributed by atoms with E-state index in [0.717, 1.165) is 11.3 Å². The van der Waals surface area contributed by atoms with Gasteiger partial charge in [-0.05, 0) is 50.6 Å². The first-order valence-electron chi connectivity index (χ1n) is 8.58. The lowest BCUT2D eigenvalue weighted by Crippen LogP contribution is -2.09. The zero-order valence-electron chi connectivity index (χ0n) is 15.0. The van der Waals surface area contributed by atoms with E-state index in [0.29, 0.717) is 0 Å². The smallest absolute Gasteiger partial charge is 0.114 e. The molecule has 0 aliphatic carbocycles. The molecule has 0 spiro atoms. The molecule has 3 aromatic rings. The van der Waals surface area contributed by atoms with Gasteiger partial charge in [0.25, 0.3) is 0 Å². The molecule has 0 fully saturated rings. The highest BCUT2D eigenvalue weighted by atomic mass is 14.9. The fourth-order valence-electron chi connectivity index (χ4n) is 2.87. The topological polar surface area (TPSA) is 12.0 Å². The van der Waals surface area contributed by atoms with Crippen molar-refractivity contribution in [1.82, 2.24) is 0 Å². The molecule has 0 aliphatic heterocycles. The lowest BCUT2D eigenvalue weighted by Gasteiger charge is -2.16. The van der Waals surface area contributed by atoms with Crippen LogP contribution < -0.4 is 5.32 Å². The van der Waals surface area contributed by atoms with Gasteiger partial charge in [0.1, 0.15) is 6.04 Å².